The van der Waals surface area contributed by atoms with Gasteiger partial charge in [-0.2, -0.15) is 0 Å². The first-order valence-electron chi connectivity index (χ1n) is 3.07. The molecule has 0 saturated carbocycles. The molecule has 0 unspecified atom stereocenters. The lowest BCUT2D eigenvalue weighted by Crippen LogP contribution is -2.25. The largest absolute Gasteiger partial charge is 0.336 e. The Kier molecular flexibility index (Phi) is 1.80. The lowest BCUT2D eigenvalue weighted by molar-refractivity contribution is 0.699. The molecule has 3 nitrogen and oxygen atoms in total. The van der Waals surface area contributed by atoms with E-state index in [4.69, 9.17) is 12.2 Å². The van der Waals surface area contributed by atoms with Gasteiger partial charge in [0.15, 0.2) is 4.77 Å². The second kappa shape index (κ2) is 2.46. The molecular formula is C6H11N3S. The highest BCUT2D eigenvalue weighted by Gasteiger charge is 1.97. The number of imidazole rings is 1. The van der Waals surface area contributed by atoms with Crippen LogP contribution < -0.4 is 5.01 Å². The first kappa shape index (κ1) is 7.34. The highest BCUT2D eigenvalue weighted by Crippen LogP contribution is 1.97. The summed E-state index contributed by atoms with van der Waals surface area (Å²) in [6.45, 7) is 2.01. The summed E-state index contributed by atoms with van der Waals surface area (Å²) in [6, 6.07) is 0. The highest BCUT2D eigenvalue weighted by molar-refractivity contribution is 7.71. The lowest BCUT2D eigenvalue weighted by atomic mass is 10.6. The number of hydrogen-bond donors (Lipinski definition) is 1. The van der Waals surface area contributed by atoms with Gasteiger partial charge >= 0.3 is 0 Å². The zero-order chi connectivity index (χ0) is 7.72. The van der Waals surface area contributed by atoms with Crippen molar-refractivity contribution in [3.63, 3.8) is 0 Å². The number of aromatic nitrogens is 2. The van der Waals surface area contributed by atoms with Crippen LogP contribution in [0.5, 0.6) is 0 Å². The quantitative estimate of drug-likeness (QED) is 0.616. The van der Waals surface area contributed by atoms with Gasteiger partial charge < -0.3 is 9.99 Å². The predicted molar refractivity (Wildman–Crippen MR) is 44.4 cm³/mol. The fourth-order valence-corrected chi connectivity index (χ4v) is 1.31. The van der Waals surface area contributed by atoms with Crippen LogP contribution in [0.25, 0.3) is 0 Å². The van der Waals surface area contributed by atoms with E-state index in [1.165, 1.54) is 0 Å². The number of nitrogens with one attached hydrogen (secondary N) is 1. The van der Waals surface area contributed by atoms with Crippen molar-refractivity contribution in [2.24, 2.45) is 0 Å². The van der Waals surface area contributed by atoms with E-state index in [0.29, 0.717) is 0 Å². The SMILES string of the molecule is Cc1c[nH]c(=S)n1N(C)C. The van der Waals surface area contributed by atoms with Gasteiger partial charge in [0.05, 0.1) is 5.69 Å². The maximum Gasteiger partial charge on any atom is 0.196 e. The van der Waals surface area contributed by atoms with Crippen LogP contribution in [-0.4, -0.2) is 23.8 Å². The molecule has 0 aliphatic rings. The molecule has 1 N–H and O–H groups in total. The zero-order valence-electron chi connectivity index (χ0n) is 6.38. The summed E-state index contributed by atoms with van der Waals surface area (Å²) < 4.78 is 2.66. The van der Waals surface area contributed by atoms with Crippen LogP contribution in [0, 0.1) is 11.7 Å². The van der Waals surface area contributed by atoms with Crippen LogP contribution in [0.2, 0.25) is 0 Å². The smallest absolute Gasteiger partial charge is 0.196 e. The Balaban J connectivity index is 3.23. The molecule has 0 spiro atoms. The fourth-order valence-electron chi connectivity index (χ4n) is 0.946. The second-order valence-electron chi connectivity index (χ2n) is 2.39. The van der Waals surface area contributed by atoms with E-state index in [2.05, 4.69) is 4.98 Å². The Bertz CT molecular complexity index is 271. The Morgan fingerprint density at radius 1 is 1.60 bits per heavy atom. The molecule has 1 heterocycles. The molecule has 0 aliphatic heterocycles. The average Bonchev–Trinajstić information content (AvgIpc) is 2.11. The molecule has 56 valence electrons. The Morgan fingerprint density at radius 3 is 2.40 bits per heavy atom. The summed E-state index contributed by atoms with van der Waals surface area (Å²) in [4.78, 5) is 2.95. The number of rotatable bonds is 1. The van der Waals surface area contributed by atoms with Crippen LogP contribution >= 0.6 is 12.2 Å². The standard InChI is InChI=1S/C6H11N3S/c1-5-4-7-6(10)9(5)8(2)3/h4H,1-3H3,(H,7,10). The molecule has 0 fully saturated rings. The Morgan fingerprint density at radius 2 is 2.20 bits per heavy atom. The monoisotopic (exact) mass is 157 g/mol. The van der Waals surface area contributed by atoms with Gasteiger partial charge in [-0.05, 0) is 19.1 Å². The minimum absolute atomic E-state index is 0.738. The van der Waals surface area contributed by atoms with Gasteiger partial charge in [-0.3, -0.25) is 0 Å². The maximum absolute atomic E-state index is 5.01. The molecular weight excluding hydrogens is 146 g/mol. The molecule has 0 aromatic carbocycles. The third kappa shape index (κ3) is 1.07. The van der Waals surface area contributed by atoms with Gasteiger partial charge in [0.2, 0.25) is 0 Å². The third-order valence-electron chi connectivity index (χ3n) is 1.33. The van der Waals surface area contributed by atoms with Crippen molar-refractivity contribution in [2.45, 2.75) is 6.92 Å². The van der Waals surface area contributed by atoms with Crippen LogP contribution in [-0.2, 0) is 0 Å². The second-order valence-corrected chi connectivity index (χ2v) is 2.78. The van der Waals surface area contributed by atoms with E-state index < -0.39 is 0 Å². The first-order valence-corrected chi connectivity index (χ1v) is 3.48. The van der Waals surface area contributed by atoms with Crippen molar-refractivity contribution in [3.05, 3.63) is 16.7 Å². The maximum atomic E-state index is 5.01. The van der Waals surface area contributed by atoms with E-state index in [0.717, 1.165) is 10.5 Å². The summed E-state index contributed by atoms with van der Waals surface area (Å²) in [7, 11) is 3.91. The van der Waals surface area contributed by atoms with Crippen LogP contribution in [0.3, 0.4) is 0 Å². The summed E-state index contributed by atoms with van der Waals surface area (Å²) in [5.41, 5.74) is 1.12. The molecule has 0 aliphatic carbocycles. The number of hydrogen-bond acceptors (Lipinski definition) is 2. The molecule has 10 heavy (non-hydrogen) atoms. The predicted octanol–water partition coefficient (Wildman–Crippen LogP) is 1.05. The average molecular weight is 157 g/mol. The van der Waals surface area contributed by atoms with Gasteiger partial charge in [-0.15, -0.1) is 0 Å². The van der Waals surface area contributed by atoms with Gasteiger partial charge in [0.1, 0.15) is 0 Å². The van der Waals surface area contributed by atoms with E-state index >= 15 is 0 Å². The number of aryl methyl sites for hydroxylation is 1. The van der Waals surface area contributed by atoms with E-state index in [1.807, 2.05) is 36.9 Å². The third-order valence-corrected chi connectivity index (χ3v) is 1.62. The number of H-pyrrole nitrogens is 1. The van der Waals surface area contributed by atoms with E-state index in [9.17, 15) is 0 Å². The Hall–Kier alpha value is -0.770. The van der Waals surface area contributed by atoms with Crippen LogP contribution in [0.1, 0.15) is 5.69 Å². The molecule has 1 aromatic heterocycles. The fraction of sp³-hybridized carbons (Fsp3) is 0.500. The minimum atomic E-state index is 0.738. The lowest BCUT2D eigenvalue weighted by Gasteiger charge is -2.14. The summed E-state index contributed by atoms with van der Waals surface area (Å²) >= 11 is 5.01. The summed E-state index contributed by atoms with van der Waals surface area (Å²) in [6.07, 6.45) is 1.89. The van der Waals surface area contributed by atoms with Crippen LogP contribution in [0.4, 0.5) is 0 Å². The highest BCUT2D eigenvalue weighted by atomic mass is 32.1. The van der Waals surface area contributed by atoms with Crippen molar-refractivity contribution < 1.29 is 0 Å². The van der Waals surface area contributed by atoms with Crippen molar-refractivity contribution in [2.75, 3.05) is 19.1 Å². The van der Waals surface area contributed by atoms with Gasteiger partial charge in [0, 0.05) is 20.3 Å². The van der Waals surface area contributed by atoms with Crippen molar-refractivity contribution >= 4 is 12.2 Å². The van der Waals surface area contributed by atoms with Crippen molar-refractivity contribution in [1.29, 1.82) is 0 Å². The van der Waals surface area contributed by atoms with Crippen LogP contribution in [0.15, 0.2) is 6.20 Å². The van der Waals surface area contributed by atoms with Crippen molar-refractivity contribution in [1.82, 2.24) is 9.66 Å². The summed E-state index contributed by atoms with van der Waals surface area (Å²) in [5, 5.41) is 1.94. The topological polar surface area (TPSA) is 24.0 Å². The normalized spacial score (nSPS) is 9.90. The molecule has 1 rings (SSSR count). The molecule has 0 radical (unpaired) electrons. The minimum Gasteiger partial charge on any atom is -0.336 e. The van der Waals surface area contributed by atoms with Crippen molar-refractivity contribution in [3.8, 4) is 0 Å². The Labute approximate surface area is 65.3 Å². The zero-order valence-corrected chi connectivity index (χ0v) is 7.20. The molecule has 1 aromatic rings. The van der Waals surface area contributed by atoms with E-state index in [-0.39, 0.29) is 0 Å². The van der Waals surface area contributed by atoms with Gasteiger partial charge in [-0.25, -0.2) is 4.68 Å². The molecule has 0 saturated heterocycles. The van der Waals surface area contributed by atoms with E-state index in [1.54, 1.807) is 0 Å². The number of aromatic amines is 1. The molecule has 4 heteroatoms. The first-order chi connectivity index (χ1) is 4.63. The number of nitrogens with zero attached hydrogens (tertiary/aromatic N) is 2. The molecule has 0 atom stereocenters. The molecule has 0 bridgehead atoms. The van der Waals surface area contributed by atoms with Gasteiger partial charge in [0.25, 0.3) is 0 Å². The molecule has 0 amide bonds. The van der Waals surface area contributed by atoms with Gasteiger partial charge in [-0.1, -0.05) is 0 Å². The summed E-state index contributed by atoms with van der Waals surface area (Å²) in [5.74, 6) is 0.